The van der Waals surface area contributed by atoms with Crippen LogP contribution in [0.5, 0.6) is 0 Å². The van der Waals surface area contributed by atoms with Gasteiger partial charge in [-0.15, -0.1) is 0 Å². The van der Waals surface area contributed by atoms with E-state index in [1.807, 2.05) is 0 Å². The molecule has 3 rings (SSSR count). The van der Waals surface area contributed by atoms with Crippen molar-refractivity contribution in [2.24, 2.45) is 0 Å². The first kappa shape index (κ1) is 25.0. The van der Waals surface area contributed by atoms with Gasteiger partial charge in [0.05, 0.1) is 10.5 Å². The van der Waals surface area contributed by atoms with E-state index >= 15 is 4.39 Å². The van der Waals surface area contributed by atoms with Crippen LogP contribution < -0.4 is 5.32 Å². The van der Waals surface area contributed by atoms with Crippen molar-refractivity contribution in [3.05, 3.63) is 47.8 Å². The maximum atomic E-state index is 15.4. The lowest BCUT2D eigenvalue weighted by molar-refractivity contribution is -0.142. The van der Waals surface area contributed by atoms with Crippen molar-refractivity contribution in [2.45, 2.75) is 60.5 Å². The Kier molecular flexibility index (Phi) is 6.52. The molecule has 1 aliphatic rings. The average Bonchev–Trinajstić information content (AvgIpc) is 3.15. The largest absolute Gasteiger partial charge is 0.416 e. The zero-order chi connectivity index (χ0) is 24.7. The first-order chi connectivity index (χ1) is 15.1. The maximum Gasteiger partial charge on any atom is 0.416 e. The Morgan fingerprint density at radius 3 is 2.33 bits per heavy atom. The van der Waals surface area contributed by atoms with Gasteiger partial charge in [-0.2, -0.15) is 31.4 Å². The Bertz CT molecular complexity index is 1120. The van der Waals surface area contributed by atoms with E-state index in [1.165, 1.54) is 0 Å². The Balaban J connectivity index is 1.69. The predicted octanol–water partition coefficient (Wildman–Crippen LogP) is 4.28. The van der Waals surface area contributed by atoms with Gasteiger partial charge in [0.15, 0.2) is 0 Å². The van der Waals surface area contributed by atoms with Crippen molar-refractivity contribution < 1.29 is 43.9 Å². The molecule has 1 saturated carbocycles. The fourth-order valence-corrected chi connectivity index (χ4v) is 5.33. The van der Waals surface area contributed by atoms with Gasteiger partial charge in [0.25, 0.3) is 5.91 Å². The normalized spacial score (nSPS) is 22.2. The Morgan fingerprint density at radius 2 is 1.76 bits per heavy atom. The molecule has 1 aliphatic carbocycles. The summed E-state index contributed by atoms with van der Waals surface area (Å²) in [5.41, 5.74) is -1.61. The molecule has 2 aromatic rings. The first-order valence-corrected chi connectivity index (χ1v) is 11.1. The molecule has 33 heavy (non-hydrogen) atoms. The van der Waals surface area contributed by atoms with E-state index in [2.05, 4.69) is 10.4 Å². The van der Waals surface area contributed by atoms with Gasteiger partial charge in [0.2, 0.25) is 14.8 Å². The van der Waals surface area contributed by atoms with E-state index in [0.717, 1.165) is 24.4 Å². The smallest absolute Gasteiger partial charge is 0.348 e. The molecule has 0 bridgehead atoms. The third kappa shape index (κ3) is 5.47. The lowest BCUT2D eigenvalue weighted by Crippen LogP contribution is -2.45. The van der Waals surface area contributed by atoms with Crippen molar-refractivity contribution in [2.75, 3.05) is 0 Å². The number of carbonyl (C=O) groups is 1. The maximum absolute atomic E-state index is 15.4. The lowest BCUT2D eigenvalue weighted by Gasteiger charge is -2.34. The van der Waals surface area contributed by atoms with Crippen LogP contribution in [0.25, 0.3) is 0 Å². The summed E-state index contributed by atoms with van der Waals surface area (Å²) in [6.45, 7) is -1.49. The third-order valence-corrected chi connectivity index (χ3v) is 7.54. The van der Waals surface area contributed by atoms with Gasteiger partial charge in [-0.3, -0.25) is 9.48 Å². The number of hydrogen-bond acceptors (Lipinski definition) is 4. The summed E-state index contributed by atoms with van der Waals surface area (Å²) < 4.78 is 118. The first-order valence-electron chi connectivity index (χ1n) is 9.63. The highest BCUT2D eigenvalue weighted by Gasteiger charge is 2.48. The summed E-state index contributed by atoms with van der Waals surface area (Å²) in [6, 6.07) is 3.11. The fraction of sp³-hybridized carbons (Fsp3) is 0.474. The number of hydrogen-bond donors (Lipinski definition) is 1. The number of benzene rings is 1. The van der Waals surface area contributed by atoms with Crippen LogP contribution in [0.1, 0.15) is 41.7 Å². The summed E-state index contributed by atoms with van der Waals surface area (Å²) in [6.07, 6.45) is -10.0. The van der Waals surface area contributed by atoms with Gasteiger partial charge < -0.3 is 5.32 Å². The van der Waals surface area contributed by atoms with E-state index in [9.17, 15) is 39.6 Å². The number of nitrogens with one attached hydrogen (secondary N) is 1. The molecule has 1 fully saturated rings. The van der Waals surface area contributed by atoms with E-state index in [0.29, 0.717) is 16.8 Å². The average molecular weight is 501 g/mol. The topological polar surface area (TPSA) is 81.1 Å². The number of nitrogens with zero attached hydrogens (tertiary/aromatic N) is 2. The summed E-state index contributed by atoms with van der Waals surface area (Å²) in [5.74, 6) is -0.895. The summed E-state index contributed by atoms with van der Waals surface area (Å²) in [5, 5.41) is 3.02. The minimum Gasteiger partial charge on any atom is -0.348 e. The van der Waals surface area contributed by atoms with Crippen LogP contribution in [0.15, 0.2) is 41.4 Å². The molecule has 0 aliphatic heterocycles. The second-order valence-electron chi connectivity index (χ2n) is 7.65. The molecular formula is C19H18F7N3O3S. The van der Waals surface area contributed by atoms with E-state index in [1.54, 1.807) is 0 Å². The molecule has 1 N–H and O–H groups in total. The quantitative estimate of drug-likeness (QED) is 0.621. The van der Waals surface area contributed by atoms with Crippen molar-refractivity contribution in [3.63, 3.8) is 0 Å². The van der Waals surface area contributed by atoms with Crippen LogP contribution in [0.4, 0.5) is 30.7 Å². The number of rotatable bonds is 5. The number of sulfone groups is 1. The molecular weight excluding hydrogens is 483 g/mol. The summed E-state index contributed by atoms with van der Waals surface area (Å²) in [4.78, 5) is 11.5. The Morgan fingerprint density at radius 1 is 1.12 bits per heavy atom. The van der Waals surface area contributed by atoms with Gasteiger partial charge in [-0.25, -0.2) is 12.8 Å². The van der Waals surface area contributed by atoms with Crippen LogP contribution in [0.2, 0.25) is 0 Å². The Hall–Kier alpha value is -2.64. The van der Waals surface area contributed by atoms with Crippen LogP contribution in [-0.4, -0.2) is 41.3 Å². The highest BCUT2D eigenvalue weighted by atomic mass is 32.2. The van der Waals surface area contributed by atoms with Crippen molar-refractivity contribution in [1.29, 1.82) is 0 Å². The zero-order valence-corrected chi connectivity index (χ0v) is 17.6. The minimum atomic E-state index is -4.81. The summed E-state index contributed by atoms with van der Waals surface area (Å²) in [7, 11) is -4.78. The fourth-order valence-electron chi connectivity index (χ4n) is 3.59. The number of amides is 1. The molecule has 1 heterocycles. The Labute approximate surface area is 183 Å². The molecule has 0 atom stereocenters. The second-order valence-corrected chi connectivity index (χ2v) is 9.86. The second kappa shape index (κ2) is 8.61. The molecule has 0 saturated heterocycles. The number of halogens is 7. The minimum absolute atomic E-state index is 0.187. The lowest BCUT2D eigenvalue weighted by atomic mass is 9.93. The molecule has 1 aromatic carbocycles. The molecule has 0 radical (unpaired) electrons. The summed E-state index contributed by atoms with van der Waals surface area (Å²) >= 11 is 0. The van der Waals surface area contributed by atoms with E-state index in [4.69, 9.17) is 0 Å². The van der Waals surface area contributed by atoms with Crippen LogP contribution in [0, 0.1) is 0 Å². The molecule has 6 nitrogen and oxygen atoms in total. The van der Waals surface area contributed by atoms with Crippen molar-refractivity contribution >= 4 is 15.7 Å². The van der Waals surface area contributed by atoms with Crippen molar-refractivity contribution in [1.82, 2.24) is 15.1 Å². The SMILES string of the molecule is O=C(NC1CCC(F)(S(=O)(=O)c2cccc(C(F)(F)F)c2)CC1)c1ccnn1CC(F)(F)F. The van der Waals surface area contributed by atoms with Gasteiger partial charge in [0.1, 0.15) is 12.2 Å². The van der Waals surface area contributed by atoms with E-state index in [-0.39, 0.29) is 18.5 Å². The van der Waals surface area contributed by atoms with Gasteiger partial charge >= 0.3 is 12.4 Å². The molecule has 0 unspecified atom stereocenters. The zero-order valence-electron chi connectivity index (χ0n) is 16.8. The van der Waals surface area contributed by atoms with Crippen LogP contribution in [0.3, 0.4) is 0 Å². The number of aromatic nitrogens is 2. The van der Waals surface area contributed by atoms with Crippen molar-refractivity contribution in [3.8, 4) is 0 Å². The monoisotopic (exact) mass is 501 g/mol. The van der Waals surface area contributed by atoms with Crippen LogP contribution in [-0.2, 0) is 22.6 Å². The molecule has 0 spiro atoms. The highest BCUT2D eigenvalue weighted by molar-refractivity contribution is 7.92. The third-order valence-electron chi connectivity index (χ3n) is 5.30. The van der Waals surface area contributed by atoms with E-state index < -0.39 is 69.0 Å². The molecule has 1 aromatic heterocycles. The number of carbonyl (C=O) groups excluding carboxylic acids is 1. The van der Waals surface area contributed by atoms with Gasteiger partial charge in [-0.1, -0.05) is 6.07 Å². The highest BCUT2D eigenvalue weighted by Crippen LogP contribution is 2.41. The molecule has 1 amide bonds. The molecule has 14 heteroatoms. The standard InChI is InChI=1S/C19H18F7N3O3S/c20-17(33(31,32)14-3-1-2-12(10-14)19(24,25)26)7-4-13(5-8-17)28-16(30)15-6-9-27-29(15)11-18(21,22)23/h1-3,6,9-10,13H,4-5,7-8,11H2,(H,28,30). The number of alkyl halides is 7. The molecule has 182 valence electrons. The van der Waals surface area contributed by atoms with Gasteiger partial charge in [-0.05, 0) is 49.9 Å². The van der Waals surface area contributed by atoms with Gasteiger partial charge in [0, 0.05) is 12.2 Å². The van der Waals surface area contributed by atoms with Crippen LogP contribution >= 0.6 is 0 Å². The predicted molar refractivity (Wildman–Crippen MR) is 100 cm³/mol.